The van der Waals surface area contributed by atoms with Crippen molar-refractivity contribution >= 4 is 16.8 Å². The molecule has 1 aliphatic heterocycles. The number of ether oxygens (including phenoxy) is 2. The first-order valence-corrected chi connectivity index (χ1v) is 11.8. The van der Waals surface area contributed by atoms with E-state index in [1.165, 1.54) is 0 Å². The normalized spacial score (nSPS) is 15.1. The highest BCUT2D eigenvalue weighted by Gasteiger charge is 2.40. The lowest BCUT2D eigenvalue weighted by atomic mass is 9.92. The predicted molar refractivity (Wildman–Crippen MR) is 136 cm³/mol. The van der Waals surface area contributed by atoms with Gasteiger partial charge in [0.1, 0.15) is 11.5 Å². The van der Waals surface area contributed by atoms with Crippen LogP contribution in [0.2, 0.25) is 0 Å². The second-order valence-corrected chi connectivity index (χ2v) is 8.75. The number of benzene rings is 3. The van der Waals surface area contributed by atoms with Crippen LogP contribution < -0.4 is 9.47 Å². The van der Waals surface area contributed by atoms with Crippen LogP contribution in [0.3, 0.4) is 0 Å². The van der Waals surface area contributed by atoms with Crippen molar-refractivity contribution in [2.75, 3.05) is 20.8 Å². The molecule has 5 heteroatoms. The number of unbranched alkanes of at least 4 members (excludes halogenated alkanes) is 1. The molecule has 2 heterocycles. The van der Waals surface area contributed by atoms with E-state index in [-0.39, 0.29) is 11.9 Å². The minimum atomic E-state index is -0.174. The third kappa shape index (κ3) is 3.35. The Balaban J connectivity index is 1.85. The van der Waals surface area contributed by atoms with Crippen LogP contribution in [0.4, 0.5) is 0 Å². The molecule has 1 aliphatic rings. The second-order valence-electron chi connectivity index (χ2n) is 8.75. The standard InChI is InChI=1S/C29H30N2O3/c1-5-6-17-31-28(20-11-7-8-12-21(20)29(31)32)26-22-13-9-10-14-24(22)30(2)27(26)23-18-19(33-3)15-16-25(23)34-4/h7-16,18,28H,5-6,17H2,1-4H3/t28-/m0/s1. The van der Waals surface area contributed by atoms with E-state index in [4.69, 9.17) is 9.47 Å². The van der Waals surface area contributed by atoms with Crippen molar-refractivity contribution in [3.63, 3.8) is 0 Å². The molecule has 34 heavy (non-hydrogen) atoms. The molecule has 5 nitrogen and oxygen atoms in total. The van der Waals surface area contributed by atoms with E-state index in [2.05, 4.69) is 48.9 Å². The molecule has 0 spiro atoms. The van der Waals surface area contributed by atoms with Gasteiger partial charge in [-0.1, -0.05) is 49.7 Å². The molecule has 174 valence electrons. The summed E-state index contributed by atoms with van der Waals surface area (Å²) in [7, 11) is 5.45. The maximum atomic E-state index is 13.6. The molecule has 1 aromatic heterocycles. The maximum Gasteiger partial charge on any atom is 0.255 e. The molecular weight excluding hydrogens is 424 g/mol. The van der Waals surface area contributed by atoms with Gasteiger partial charge in [-0.3, -0.25) is 4.79 Å². The van der Waals surface area contributed by atoms with Crippen LogP contribution in [-0.2, 0) is 7.05 Å². The van der Waals surface area contributed by atoms with Crippen molar-refractivity contribution in [2.45, 2.75) is 25.8 Å². The molecule has 0 unspecified atom stereocenters. The molecule has 5 rings (SSSR count). The van der Waals surface area contributed by atoms with Crippen LogP contribution in [-0.4, -0.2) is 36.1 Å². The summed E-state index contributed by atoms with van der Waals surface area (Å²) in [6.45, 7) is 2.87. The van der Waals surface area contributed by atoms with Crippen molar-refractivity contribution in [1.29, 1.82) is 0 Å². The first-order valence-electron chi connectivity index (χ1n) is 11.8. The summed E-state index contributed by atoms with van der Waals surface area (Å²) in [5, 5.41) is 1.14. The Bertz CT molecular complexity index is 1370. The number of aromatic nitrogens is 1. The molecule has 0 saturated carbocycles. The van der Waals surface area contributed by atoms with Crippen LogP contribution in [0.15, 0.2) is 66.7 Å². The Labute approximate surface area is 200 Å². The summed E-state index contributed by atoms with van der Waals surface area (Å²) in [6.07, 6.45) is 1.98. The van der Waals surface area contributed by atoms with Crippen molar-refractivity contribution in [2.24, 2.45) is 7.05 Å². The Morgan fingerprint density at radius 3 is 2.44 bits per heavy atom. The van der Waals surface area contributed by atoms with Gasteiger partial charge in [-0.25, -0.2) is 0 Å². The van der Waals surface area contributed by atoms with E-state index in [0.717, 1.165) is 63.2 Å². The molecular formula is C29H30N2O3. The van der Waals surface area contributed by atoms with Gasteiger partial charge in [0.15, 0.2) is 0 Å². The number of hydrogen-bond acceptors (Lipinski definition) is 3. The van der Waals surface area contributed by atoms with E-state index in [1.54, 1.807) is 14.2 Å². The van der Waals surface area contributed by atoms with E-state index < -0.39 is 0 Å². The van der Waals surface area contributed by atoms with Gasteiger partial charge >= 0.3 is 0 Å². The van der Waals surface area contributed by atoms with Crippen LogP contribution in [0.25, 0.3) is 22.2 Å². The Kier molecular flexibility index (Phi) is 5.78. The van der Waals surface area contributed by atoms with Crippen molar-refractivity contribution in [3.8, 4) is 22.8 Å². The van der Waals surface area contributed by atoms with Gasteiger partial charge < -0.3 is 18.9 Å². The Morgan fingerprint density at radius 2 is 1.68 bits per heavy atom. The van der Waals surface area contributed by atoms with Crippen LogP contribution in [0.1, 0.15) is 47.3 Å². The quantitative estimate of drug-likeness (QED) is 0.334. The van der Waals surface area contributed by atoms with E-state index >= 15 is 0 Å². The number of methoxy groups -OCH3 is 2. The SMILES string of the molecule is CCCCN1C(=O)c2ccccc2[C@H]1c1c(-c2cc(OC)ccc2OC)n(C)c2ccccc12. The lowest BCUT2D eigenvalue weighted by Crippen LogP contribution is -2.30. The lowest BCUT2D eigenvalue weighted by Gasteiger charge is -2.27. The fraction of sp³-hybridized carbons (Fsp3) is 0.276. The van der Waals surface area contributed by atoms with Crippen molar-refractivity contribution in [1.82, 2.24) is 9.47 Å². The summed E-state index contributed by atoms with van der Waals surface area (Å²) in [5.41, 5.74) is 6.07. The molecule has 0 radical (unpaired) electrons. The van der Waals surface area contributed by atoms with Crippen LogP contribution >= 0.6 is 0 Å². The zero-order valence-corrected chi connectivity index (χ0v) is 20.2. The molecule has 0 aliphatic carbocycles. The van der Waals surface area contributed by atoms with E-state index in [9.17, 15) is 4.79 Å². The van der Waals surface area contributed by atoms with Crippen molar-refractivity contribution < 1.29 is 14.3 Å². The minimum Gasteiger partial charge on any atom is -0.497 e. The van der Waals surface area contributed by atoms with Gasteiger partial charge in [0.05, 0.1) is 26.0 Å². The molecule has 0 N–H and O–H groups in total. The highest BCUT2D eigenvalue weighted by molar-refractivity contribution is 6.02. The molecule has 0 bridgehead atoms. The number of fused-ring (bicyclic) bond motifs is 2. The lowest BCUT2D eigenvalue weighted by molar-refractivity contribution is 0.0748. The second kappa shape index (κ2) is 8.90. The summed E-state index contributed by atoms with van der Waals surface area (Å²) in [4.78, 5) is 15.6. The fourth-order valence-corrected chi connectivity index (χ4v) is 5.26. The predicted octanol–water partition coefficient (Wildman–Crippen LogP) is 6.21. The number of carbonyl (C=O) groups excluding carboxylic acids is 1. The number of hydrogen-bond donors (Lipinski definition) is 0. The molecule has 1 atom stereocenters. The number of para-hydroxylation sites is 1. The number of nitrogens with zero attached hydrogens (tertiary/aromatic N) is 2. The van der Waals surface area contributed by atoms with Crippen LogP contribution in [0.5, 0.6) is 11.5 Å². The summed E-state index contributed by atoms with van der Waals surface area (Å²) in [5.74, 6) is 1.63. The van der Waals surface area contributed by atoms with E-state index in [1.807, 2.05) is 41.3 Å². The largest absolute Gasteiger partial charge is 0.497 e. The molecule has 0 saturated heterocycles. The van der Waals surface area contributed by atoms with Gasteiger partial charge in [0, 0.05) is 41.2 Å². The summed E-state index contributed by atoms with van der Waals surface area (Å²) in [6, 6.07) is 22.1. The molecule has 3 aromatic carbocycles. The zero-order valence-electron chi connectivity index (χ0n) is 20.2. The van der Waals surface area contributed by atoms with Gasteiger partial charge in [-0.05, 0) is 42.3 Å². The van der Waals surface area contributed by atoms with E-state index in [0.29, 0.717) is 6.54 Å². The Hall–Kier alpha value is -3.73. The van der Waals surface area contributed by atoms with Gasteiger partial charge in [0.2, 0.25) is 0 Å². The molecule has 0 fully saturated rings. The molecule has 4 aromatic rings. The summed E-state index contributed by atoms with van der Waals surface area (Å²) >= 11 is 0. The van der Waals surface area contributed by atoms with Crippen LogP contribution in [0, 0.1) is 0 Å². The fourth-order valence-electron chi connectivity index (χ4n) is 5.26. The third-order valence-electron chi connectivity index (χ3n) is 6.89. The maximum absolute atomic E-state index is 13.6. The first kappa shape index (κ1) is 22.1. The van der Waals surface area contributed by atoms with Gasteiger partial charge in [-0.15, -0.1) is 0 Å². The number of amides is 1. The highest BCUT2D eigenvalue weighted by Crippen LogP contribution is 2.48. The molecule has 1 amide bonds. The monoisotopic (exact) mass is 454 g/mol. The van der Waals surface area contributed by atoms with Gasteiger partial charge in [-0.2, -0.15) is 0 Å². The average molecular weight is 455 g/mol. The smallest absolute Gasteiger partial charge is 0.255 e. The Morgan fingerprint density at radius 1 is 0.912 bits per heavy atom. The minimum absolute atomic E-state index is 0.102. The topological polar surface area (TPSA) is 43.7 Å². The van der Waals surface area contributed by atoms with Crippen molar-refractivity contribution in [3.05, 3.63) is 83.4 Å². The summed E-state index contributed by atoms with van der Waals surface area (Å²) < 4.78 is 13.6. The number of rotatable bonds is 7. The number of aryl methyl sites for hydroxylation is 1. The zero-order chi connectivity index (χ0) is 23.8. The average Bonchev–Trinajstić information content (AvgIpc) is 3.32. The first-order chi connectivity index (χ1) is 16.6. The van der Waals surface area contributed by atoms with Gasteiger partial charge in [0.25, 0.3) is 5.91 Å². The third-order valence-corrected chi connectivity index (χ3v) is 6.89. The highest BCUT2D eigenvalue weighted by atomic mass is 16.5. The number of carbonyl (C=O) groups is 1.